The van der Waals surface area contributed by atoms with Gasteiger partial charge in [0.2, 0.25) is 0 Å². The van der Waals surface area contributed by atoms with Crippen LogP contribution in [0.3, 0.4) is 0 Å². The van der Waals surface area contributed by atoms with E-state index in [1.807, 2.05) is 0 Å². The first kappa shape index (κ1) is 14.0. The standard InChI is InChI=1S/C14H29NO/c1-3-5-8-12(4-2)11-15-13-9-6-7-10-14(13)16/h12-16H,3-11H2,1-2H3. The van der Waals surface area contributed by atoms with Crippen LogP contribution in [0.1, 0.15) is 65.2 Å². The Morgan fingerprint density at radius 2 is 2.00 bits per heavy atom. The van der Waals surface area contributed by atoms with Crippen LogP contribution in [0.2, 0.25) is 0 Å². The minimum Gasteiger partial charge on any atom is -0.392 e. The van der Waals surface area contributed by atoms with Crippen LogP contribution in [0.4, 0.5) is 0 Å². The Kier molecular flexibility index (Phi) is 7.06. The second-order valence-electron chi connectivity index (χ2n) is 5.28. The van der Waals surface area contributed by atoms with E-state index in [4.69, 9.17) is 0 Å². The molecule has 16 heavy (non-hydrogen) atoms. The molecule has 2 heteroatoms. The van der Waals surface area contributed by atoms with Crippen molar-refractivity contribution in [2.45, 2.75) is 77.4 Å². The maximum absolute atomic E-state index is 9.87. The van der Waals surface area contributed by atoms with Gasteiger partial charge >= 0.3 is 0 Å². The third-order valence-electron chi connectivity index (χ3n) is 3.94. The zero-order valence-corrected chi connectivity index (χ0v) is 11.0. The molecule has 0 aromatic rings. The Hall–Kier alpha value is -0.0800. The van der Waals surface area contributed by atoms with Gasteiger partial charge in [-0.2, -0.15) is 0 Å². The summed E-state index contributed by atoms with van der Waals surface area (Å²) in [4.78, 5) is 0. The molecule has 0 aliphatic heterocycles. The largest absolute Gasteiger partial charge is 0.392 e. The van der Waals surface area contributed by atoms with Crippen molar-refractivity contribution in [1.29, 1.82) is 0 Å². The number of aliphatic hydroxyl groups excluding tert-OH is 1. The fraction of sp³-hybridized carbons (Fsp3) is 1.00. The van der Waals surface area contributed by atoms with Crippen LogP contribution in [0.25, 0.3) is 0 Å². The first-order valence-corrected chi connectivity index (χ1v) is 7.19. The SMILES string of the molecule is CCCCC(CC)CNC1CCCCC1O. The van der Waals surface area contributed by atoms with Crippen molar-refractivity contribution in [1.82, 2.24) is 5.32 Å². The van der Waals surface area contributed by atoms with Crippen molar-refractivity contribution in [3.63, 3.8) is 0 Å². The van der Waals surface area contributed by atoms with E-state index in [0.717, 1.165) is 25.3 Å². The summed E-state index contributed by atoms with van der Waals surface area (Å²) in [6, 6.07) is 0.365. The van der Waals surface area contributed by atoms with Crippen molar-refractivity contribution in [3.05, 3.63) is 0 Å². The molecular weight excluding hydrogens is 198 g/mol. The molecule has 1 aliphatic rings. The van der Waals surface area contributed by atoms with E-state index in [2.05, 4.69) is 19.2 Å². The van der Waals surface area contributed by atoms with Gasteiger partial charge in [0, 0.05) is 6.04 Å². The minimum absolute atomic E-state index is 0.0996. The molecule has 0 bridgehead atoms. The van der Waals surface area contributed by atoms with Gasteiger partial charge in [0.15, 0.2) is 0 Å². The molecule has 2 nitrogen and oxygen atoms in total. The summed E-state index contributed by atoms with van der Waals surface area (Å²) in [5.74, 6) is 0.800. The van der Waals surface area contributed by atoms with E-state index >= 15 is 0 Å². The molecule has 0 radical (unpaired) electrons. The van der Waals surface area contributed by atoms with Crippen LogP contribution in [-0.2, 0) is 0 Å². The third kappa shape index (κ3) is 4.84. The lowest BCUT2D eigenvalue weighted by molar-refractivity contribution is 0.0884. The molecular formula is C14H29NO. The van der Waals surface area contributed by atoms with Gasteiger partial charge in [-0.05, 0) is 31.7 Å². The molecule has 1 aliphatic carbocycles. The molecule has 0 aromatic heterocycles. The van der Waals surface area contributed by atoms with Gasteiger partial charge in [0.25, 0.3) is 0 Å². The lowest BCUT2D eigenvalue weighted by Crippen LogP contribution is -2.43. The third-order valence-corrected chi connectivity index (χ3v) is 3.94. The summed E-state index contributed by atoms with van der Waals surface area (Å²) >= 11 is 0. The lowest BCUT2D eigenvalue weighted by Gasteiger charge is -2.30. The molecule has 3 unspecified atom stereocenters. The van der Waals surface area contributed by atoms with Crippen molar-refractivity contribution >= 4 is 0 Å². The van der Waals surface area contributed by atoms with Gasteiger partial charge in [-0.15, -0.1) is 0 Å². The van der Waals surface area contributed by atoms with E-state index in [-0.39, 0.29) is 6.10 Å². The van der Waals surface area contributed by atoms with Gasteiger partial charge in [-0.25, -0.2) is 0 Å². The van der Waals surface area contributed by atoms with Crippen LogP contribution >= 0.6 is 0 Å². The normalized spacial score (nSPS) is 27.9. The monoisotopic (exact) mass is 227 g/mol. The molecule has 2 N–H and O–H groups in total. The van der Waals surface area contributed by atoms with Crippen molar-refractivity contribution in [2.24, 2.45) is 5.92 Å². The number of unbranched alkanes of at least 4 members (excludes halogenated alkanes) is 1. The fourth-order valence-corrected chi connectivity index (χ4v) is 2.61. The molecule has 1 saturated carbocycles. The Morgan fingerprint density at radius 1 is 1.25 bits per heavy atom. The van der Waals surface area contributed by atoms with Crippen LogP contribution in [0.5, 0.6) is 0 Å². The maximum Gasteiger partial charge on any atom is 0.0693 e. The highest BCUT2D eigenvalue weighted by Gasteiger charge is 2.22. The van der Waals surface area contributed by atoms with Gasteiger partial charge in [0.05, 0.1) is 6.10 Å². The number of rotatable bonds is 7. The number of nitrogens with one attached hydrogen (secondary N) is 1. The summed E-state index contributed by atoms with van der Waals surface area (Å²) in [5.41, 5.74) is 0. The average molecular weight is 227 g/mol. The molecule has 0 spiro atoms. The first-order valence-electron chi connectivity index (χ1n) is 7.19. The van der Waals surface area contributed by atoms with Crippen LogP contribution in [0.15, 0.2) is 0 Å². The van der Waals surface area contributed by atoms with Crippen molar-refractivity contribution < 1.29 is 5.11 Å². The van der Waals surface area contributed by atoms with E-state index in [0.29, 0.717) is 6.04 Å². The van der Waals surface area contributed by atoms with Crippen LogP contribution in [-0.4, -0.2) is 23.8 Å². The summed E-state index contributed by atoms with van der Waals surface area (Å²) in [6.07, 6.45) is 9.76. The highest BCUT2D eigenvalue weighted by Crippen LogP contribution is 2.19. The van der Waals surface area contributed by atoms with E-state index in [1.165, 1.54) is 38.5 Å². The second-order valence-corrected chi connectivity index (χ2v) is 5.28. The lowest BCUT2D eigenvalue weighted by atomic mass is 9.91. The van der Waals surface area contributed by atoms with E-state index in [9.17, 15) is 5.11 Å². The minimum atomic E-state index is -0.0996. The first-order chi connectivity index (χ1) is 7.77. The smallest absolute Gasteiger partial charge is 0.0693 e. The Balaban J connectivity index is 2.19. The topological polar surface area (TPSA) is 32.3 Å². The molecule has 0 heterocycles. The van der Waals surface area contributed by atoms with Gasteiger partial charge in [0.1, 0.15) is 0 Å². The molecule has 1 fully saturated rings. The van der Waals surface area contributed by atoms with Crippen molar-refractivity contribution in [2.75, 3.05) is 6.54 Å². The predicted octanol–water partition coefficient (Wildman–Crippen LogP) is 3.10. The Bertz CT molecular complexity index is 172. The highest BCUT2D eigenvalue weighted by molar-refractivity contribution is 4.81. The molecule has 0 saturated heterocycles. The summed E-state index contributed by atoms with van der Waals surface area (Å²) in [6.45, 7) is 5.63. The van der Waals surface area contributed by atoms with Gasteiger partial charge in [-0.1, -0.05) is 46.0 Å². The maximum atomic E-state index is 9.87. The Morgan fingerprint density at radius 3 is 2.62 bits per heavy atom. The van der Waals surface area contributed by atoms with E-state index in [1.54, 1.807) is 0 Å². The number of hydrogen-bond donors (Lipinski definition) is 2. The second kappa shape index (κ2) is 8.08. The van der Waals surface area contributed by atoms with Crippen LogP contribution < -0.4 is 5.32 Å². The zero-order valence-electron chi connectivity index (χ0n) is 11.0. The van der Waals surface area contributed by atoms with Crippen molar-refractivity contribution in [3.8, 4) is 0 Å². The van der Waals surface area contributed by atoms with Crippen LogP contribution in [0, 0.1) is 5.92 Å². The summed E-state index contributed by atoms with van der Waals surface area (Å²) in [5, 5.41) is 13.4. The Labute approximate surface area is 101 Å². The van der Waals surface area contributed by atoms with E-state index < -0.39 is 0 Å². The number of hydrogen-bond acceptors (Lipinski definition) is 2. The zero-order chi connectivity index (χ0) is 11.8. The highest BCUT2D eigenvalue weighted by atomic mass is 16.3. The fourth-order valence-electron chi connectivity index (χ4n) is 2.61. The quantitative estimate of drug-likeness (QED) is 0.700. The summed E-state index contributed by atoms with van der Waals surface area (Å²) < 4.78 is 0. The number of aliphatic hydroxyl groups is 1. The molecule has 0 aromatic carbocycles. The molecule has 96 valence electrons. The summed E-state index contributed by atoms with van der Waals surface area (Å²) in [7, 11) is 0. The van der Waals surface area contributed by atoms with Gasteiger partial charge < -0.3 is 10.4 Å². The molecule has 3 atom stereocenters. The molecule has 0 amide bonds. The predicted molar refractivity (Wildman–Crippen MR) is 69.6 cm³/mol. The molecule has 1 rings (SSSR count). The van der Waals surface area contributed by atoms with Gasteiger partial charge in [-0.3, -0.25) is 0 Å². The average Bonchev–Trinajstić information content (AvgIpc) is 2.31.